The second kappa shape index (κ2) is 5.72. The summed E-state index contributed by atoms with van der Waals surface area (Å²) in [4.78, 5) is 21.7. The van der Waals surface area contributed by atoms with Gasteiger partial charge in [-0.05, 0) is 17.7 Å². The first-order valence-electron chi connectivity index (χ1n) is 4.74. The molecule has 0 heterocycles. The third kappa shape index (κ3) is 3.97. The highest BCUT2D eigenvalue weighted by Crippen LogP contribution is 2.09. The Labute approximate surface area is 93.0 Å². The zero-order valence-corrected chi connectivity index (χ0v) is 8.69. The van der Waals surface area contributed by atoms with Gasteiger partial charge < -0.3 is 22.1 Å². The SMILES string of the molecule is NCc1cccc(NC(=O)NCC(N)=O)c1. The van der Waals surface area contributed by atoms with Crippen LogP contribution in [-0.4, -0.2) is 18.5 Å². The van der Waals surface area contributed by atoms with Crippen LogP contribution < -0.4 is 22.1 Å². The number of benzene rings is 1. The topological polar surface area (TPSA) is 110 Å². The van der Waals surface area contributed by atoms with Crippen LogP contribution in [0.25, 0.3) is 0 Å². The van der Waals surface area contributed by atoms with Crippen molar-refractivity contribution < 1.29 is 9.59 Å². The second-order valence-electron chi connectivity index (χ2n) is 3.18. The lowest BCUT2D eigenvalue weighted by molar-refractivity contribution is -0.117. The third-order valence-electron chi connectivity index (χ3n) is 1.84. The van der Waals surface area contributed by atoms with Crippen LogP contribution in [0.4, 0.5) is 10.5 Å². The Balaban J connectivity index is 2.52. The van der Waals surface area contributed by atoms with Crippen LogP contribution in [0.3, 0.4) is 0 Å². The molecule has 0 spiro atoms. The van der Waals surface area contributed by atoms with E-state index >= 15 is 0 Å². The average Bonchev–Trinajstić information content (AvgIpc) is 2.26. The lowest BCUT2D eigenvalue weighted by Crippen LogP contribution is -2.36. The Bertz CT molecular complexity index is 392. The summed E-state index contributed by atoms with van der Waals surface area (Å²) in [6.07, 6.45) is 0. The van der Waals surface area contributed by atoms with Gasteiger partial charge >= 0.3 is 6.03 Å². The predicted octanol–water partition coefficient (Wildman–Crippen LogP) is -0.248. The van der Waals surface area contributed by atoms with Crippen molar-refractivity contribution in [2.45, 2.75) is 6.54 Å². The van der Waals surface area contributed by atoms with E-state index in [1.54, 1.807) is 18.2 Å². The zero-order valence-electron chi connectivity index (χ0n) is 8.69. The summed E-state index contributed by atoms with van der Waals surface area (Å²) in [6.45, 7) is 0.209. The normalized spacial score (nSPS) is 9.56. The number of primary amides is 1. The number of carbonyl (C=O) groups is 2. The van der Waals surface area contributed by atoms with Crippen molar-refractivity contribution in [3.8, 4) is 0 Å². The molecule has 0 unspecified atom stereocenters. The molecule has 0 aromatic heterocycles. The maximum atomic E-state index is 11.3. The second-order valence-corrected chi connectivity index (χ2v) is 3.18. The first-order chi connectivity index (χ1) is 7.61. The lowest BCUT2D eigenvalue weighted by Gasteiger charge is -2.07. The number of anilines is 1. The number of nitrogens with two attached hydrogens (primary N) is 2. The number of hydrogen-bond acceptors (Lipinski definition) is 3. The molecule has 0 radical (unpaired) electrons. The molecule has 0 aliphatic heterocycles. The van der Waals surface area contributed by atoms with Crippen LogP contribution >= 0.6 is 0 Å². The van der Waals surface area contributed by atoms with E-state index in [0.717, 1.165) is 5.56 Å². The molecular formula is C10H14N4O2. The molecule has 6 nitrogen and oxygen atoms in total. The van der Waals surface area contributed by atoms with Crippen LogP contribution in [-0.2, 0) is 11.3 Å². The van der Waals surface area contributed by atoms with Crippen LogP contribution in [0.5, 0.6) is 0 Å². The van der Waals surface area contributed by atoms with Gasteiger partial charge in [-0.1, -0.05) is 12.1 Å². The van der Waals surface area contributed by atoms with Gasteiger partial charge in [-0.3, -0.25) is 4.79 Å². The molecule has 16 heavy (non-hydrogen) atoms. The molecule has 1 aromatic carbocycles. The van der Waals surface area contributed by atoms with Crippen LogP contribution in [0.1, 0.15) is 5.56 Å². The summed E-state index contributed by atoms with van der Waals surface area (Å²) in [6, 6.07) is 6.64. The van der Waals surface area contributed by atoms with Crippen LogP contribution in [0.15, 0.2) is 24.3 Å². The summed E-state index contributed by atoms with van der Waals surface area (Å²) in [5.74, 6) is -0.592. The minimum Gasteiger partial charge on any atom is -0.368 e. The molecular weight excluding hydrogens is 208 g/mol. The molecule has 0 saturated heterocycles. The van der Waals surface area contributed by atoms with Gasteiger partial charge in [0, 0.05) is 12.2 Å². The number of hydrogen-bond donors (Lipinski definition) is 4. The summed E-state index contributed by atoms with van der Waals surface area (Å²) >= 11 is 0. The van der Waals surface area contributed by atoms with Gasteiger partial charge in [0.05, 0.1) is 6.54 Å². The molecule has 0 bridgehead atoms. The molecule has 86 valence electrons. The highest BCUT2D eigenvalue weighted by molar-refractivity contribution is 5.91. The Morgan fingerprint density at radius 1 is 1.31 bits per heavy atom. The van der Waals surface area contributed by atoms with Gasteiger partial charge in [0.25, 0.3) is 0 Å². The van der Waals surface area contributed by atoms with Crippen LogP contribution in [0, 0.1) is 0 Å². The monoisotopic (exact) mass is 222 g/mol. The van der Waals surface area contributed by atoms with E-state index in [1.807, 2.05) is 6.07 Å². The van der Waals surface area contributed by atoms with E-state index in [9.17, 15) is 9.59 Å². The van der Waals surface area contributed by atoms with Crippen molar-refractivity contribution in [3.05, 3.63) is 29.8 Å². The fourth-order valence-corrected chi connectivity index (χ4v) is 1.12. The van der Waals surface area contributed by atoms with E-state index in [1.165, 1.54) is 0 Å². The number of urea groups is 1. The largest absolute Gasteiger partial charge is 0.368 e. The van der Waals surface area contributed by atoms with Crippen molar-refractivity contribution in [2.24, 2.45) is 11.5 Å². The molecule has 6 heteroatoms. The maximum absolute atomic E-state index is 11.3. The van der Waals surface area contributed by atoms with E-state index in [-0.39, 0.29) is 6.54 Å². The van der Waals surface area contributed by atoms with Gasteiger partial charge in [-0.15, -0.1) is 0 Å². The minimum atomic E-state index is -0.592. The molecule has 0 saturated carbocycles. The number of carbonyl (C=O) groups excluding carboxylic acids is 2. The molecule has 0 atom stereocenters. The van der Waals surface area contributed by atoms with E-state index in [0.29, 0.717) is 12.2 Å². The quantitative estimate of drug-likeness (QED) is 0.563. The zero-order chi connectivity index (χ0) is 12.0. The van der Waals surface area contributed by atoms with Crippen molar-refractivity contribution in [1.29, 1.82) is 0 Å². The van der Waals surface area contributed by atoms with Crippen molar-refractivity contribution >= 4 is 17.6 Å². The smallest absolute Gasteiger partial charge is 0.319 e. The molecule has 1 aromatic rings. The number of amides is 3. The van der Waals surface area contributed by atoms with Gasteiger partial charge in [0.15, 0.2) is 0 Å². The summed E-state index contributed by atoms with van der Waals surface area (Å²) < 4.78 is 0. The first kappa shape index (κ1) is 12.0. The number of nitrogens with one attached hydrogen (secondary N) is 2. The molecule has 1 rings (SSSR count). The van der Waals surface area contributed by atoms with Gasteiger partial charge in [0.1, 0.15) is 0 Å². The molecule has 0 aliphatic rings. The Morgan fingerprint density at radius 3 is 2.69 bits per heavy atom. The van der Waals surface area contributed by atoms with Gasteiger partial charge in [-0.2, -0.15) is 0 Å². The highest BCUT2D eigenvalue weighted by Gasteiger charge is 2.02. The van der Waals surface area contributed by atoms with Crippen LogP contribution in [0.2, 0.25) is 0 Å². The Morgan fingerprint density at radius 2 is 2.06 bits per heavy atom. The molecule has 0 aliphatic carbocycles. The average molecular weight is 222 g/mol. The highest BCUT2D eigenvalue weighted by atomic mass is 16.2. The lowest BCUT2D eigenvalue weighted by atomic mass is 10.2. The summed E-state index contributed by atoms with van der Waals surface area (Å²) in [5.41, 5.74) is 11.9. The maximum Gasteiger partial charge on any atom is 0.319 e. The van der Waals surface area contributed by atoms with Gasteiger partial charge in [-0.25, -0.2) is 4.79 Å². The fourth-order valence-electron chi connectivity index (χ4n) is 1.12. The molecule has 3 amide bonds. The molecule has 0 fully saturated rings. The van der Waals surface area contributed by atoms with E-state index in [2.05, 4.69) is 10.6 Å². The summed E-state index contributed by atoms with van der Waals surface area (Å²) in [5, 5.41) is 4.87. The predicted molar refractivity (Wildman–Crippen MR) is 60.5 cm³/mol. The van der Waals surface area contributed by atoms with E-state index < -0.39 is 11.9 Å². The van der Waals surface area contributed by atoms with Crippen molar-refractivity contribution in [2.75, 3.05) is 11.9 Å². The van der Waals surface area contributed by atoms with Crippen molar-refractivity contribution in [1.82, 2.24) is 5.32 Å². The number of rotatable bonds is 4. The molecule has 6 N–H and O–H groups in total. The fraction of sp³-hybridized carbons (Fsp3) is 0.200. The third-order valence-corrected chi connectivity index (χ3v) is 1.84. The summed E-state index contributed by atoms with van der Waals surface area (Å²) in [7, 11) is 0. The Kier molecular flexibility index (Phi) is 4.28. The standard InChI is InChI=1S/C10H14N4O2/c11-5-7-2-1-3-8(4-7)14-10(16)13-6-9(12)15/h1-4H,5-6,11H2,(H2,12,15)(H2,13,14,16). The Hall–Kier alpha value is -2.08. The van der Waals surface area contributed by atoms with Crippen molar-refractivity contribution in [3.63, 3.8) is 0 Å². The van der Waals surface area contributed by atoms with E-state index in [4.69, 9.17) is 11.5 Å². The van der Waals surface area contributed by atoms with Gasteiger partial charge in [0.2, 0.25) is 5.91 Å². The first-order valence-corrected chi connectivity index (χ1v) is 4.74. The minimum absolute atomic E-state index is 0.192.